The predicted octanol–water partition coefficient (Wildman–Crippen LogP) is 4.78. The molecule has 1 aliphatic heterocycles. The van der Waals surface area contributed by atoms with Crippen LogP contribution in [0, 0.1) is 5.92 Å². The standard InChI is InChI=1S/C29H33F3N6O2/c1-35-18-33-34-27(35)26(20-6-3-7-20)21-8-4-9-22(13-21)37-16-25-24(29(30,31)32)12-19(15-38(25)28(37)39)14-36-11-5-10-23(36)17-40-2/h4,8-9,12-13,15-16,18,20,23,26H,3,5-7,10-11,14,17H2,1-2H3/t23-,26+/m1/s1. The molecule has 1 aromatic carbocycles. The third-order valence-corrected chi connectivity index (χ3v) is 8.53. The number of aryl methyl sites for hydroxylation is 1. The quantitative estimate of drug-likeness (QED) is 0.314. The van der Waals surface area contributed by atoms with Crippen LogP contribution in [0.15, 0.2) is 53.8 Å². The summed E-state index contributed by atoms with van der Waals surface area (Å²) in [6, 6.07) is 8.82. The van der Waals surface area contributed by atoms with Gasteiger partial charge in [0, 0.05) is 45.1 Å². The molecule has 40 heavy (non-hydrogen) atoms. The number of halogens is 3. The van der Waals surface area contributed by atoms with Crippen LogP contribution in [-0.4, -0.2) is 54.9 Å². The summed E-state index contributed by atoms with van der Waals surface area (Å²) in [5.41, 5.74) is 0.427. The minimum absolute atomic E-state index is 0.00761. The molecule has 212 valence electrons. The number of hydrogen-bond donors (Lipinski definition) is 0. The van der Waals surface area contributed by atoms with Crippen LogP contribution in [0.2, 0.25) is 0 Å². The molecule has 1 saturated heterocycles. The van der Waals surface area contributed by atoms with Gasteiger partial charge in [-0.3, -0.25) is 13.9 Å². The number of methoxy groups -OCH3 is 1. The van der Waals surface area contributed by atoms with E-state index in [0.717, 1.165) is 54.4 Å². The van der Waals surface area contributed by atoms with Crippen molar-refractivity contribution in [2.24, 2.45) is 13.0 Å². The number of hydrogen-bond acceptors (Lipinski definition) is 5. The van der Waals surface area contributed by atoms with Gasteiger partial charge in [-0.15, -0.1) is 10.2 Å². The van der Waals surface area contributed by atoms with Crippen LogP contribution in [0.5, 0.6) is 0 Å². The second-order valence-electron chi connectivity index (χ2n) is 11.1. The maximum Gasteiger partial charge on any atom is 0.418 e. The van der Waals surface area contributed by atoms with Crippen molar-refractivity contribution in [3.8, 4) is 5.69 Å². The van der Waals surface area contributed by atoms with Crippen molar-refractivity contribution in [3.05, 3.63) is 82.1 Å². The van der Waals surface area contributed by atoms with Gasteiger partial charge < -0.3 is 9.30 Å². The Bertz CT molecular complexity index is 1570. The largest absolute Gasteiger partial charge is 0.418 e. The average molecular weight is 555 g/mol. The molecule has 0 N–H and O–H groups in total. The summed E-state index contributed by atoms with van der Waals surface area (Å²) in [7, 11) is 3.54. The van der Waals surface area contributed by atoms with Gasteiger partial charge in [0.15, 0.2) is 0 Å². The molecule has 8 nitrogen and oxygen atoms in total. The molecule has 4 aromatic rings. The number of aromatic nitrogens is 5. The van der Waals surface area contributed by atoms with Crippen molar-refractivity contribution in [3.63, 3.8) is 0 Å². The fourth-order valence-electron chi connectivity index (χ4n) is 6.31. The summed E-state index contributed by atoms with van der Waals surface area (Å²) < 4.78 is 52.5. The van der Waals surface area contributed by atoms with E-state index in [0.29, 0.717) is 30.3 Å². The van der Waals surface area contributed by atoms with Crippen molar-refractivity contribution in [1.82, 2.24) is 28.6 Å². The van der Waals surface area contributed by atoms with Crippen molar-refractivity contribution in [2.45, 2.75) is 56.8 Å². The number of alkyl halides is 3. The molecule has 2 atom stereocenters. The number of fused-ring (bicyclic) bond motifs is 1. The van der Waals surface area contributed by atoms with Crippen molar-refractivity contribution < 1.29 is 17.9 Å². The SMILES string of the molecule is COC[C@H]1CCCN1Cc1cc(C(F)(F)F)c2cn(-c3cccc([C@@H](c4nncn4C)C4CCC4)c3)c(=O)n2c1. The summed E-state index contributed by atoms with van der Waals surface area (Å²) >= 11 is 0. The summed E-state index contributed by atoms with van der Waals surface area (Å²) in [6.07, 6.45) is 5.09. The van der Waals surface area contributed by atoms with E-state index < -0.39 is 17.4 Å². The van der Waals surface area contributed by atoms with Crippen molar-refractivity contribution >= 4 is 5.52 Å². The summed E-state index contributed by atoms with van der Waals surface area (Å²) in [6.45, 7) is 1.63. The van der Waals surface area contributed by atoms with E-state index >= 15 is 0 Å². The highest BCUT2D eigenvalue weighted by Gasteiger charge is 2.36. The number of pyridine rings is 1. The highest BCUT2D eigenvalue weighted by molar-refractivity contribution is 5.58. The molecule has 0 unspecified atom stereocenters. The monoisotopic (exact) mass is 554 g/mol. The van der Waals surface area contributed by atoms with E-state index in [-0.39, 0.29) is 17.5 Å². The molecule has 11 heteroatoms. The van der Waals surface area contributed by atoms with Crippen LogP contribution in [-0.2, 0) is 24.5 Å². The van der Waals surface area contributed by atoms with Crippen LogP contribution in [0.25, 0.3) is 11.2 Å². The molecule has 1 saturated carbocycles. The Kier molecular flexibility index (Phi) is 7.03. The van der Waals surface area contributed by atoms with E-state index in [1.54, 1.807) is 25.7 Å². The van der Waals surface area contributed by atoms with Crippen molar-refractivity contribution in [1.29, 1.82) is 0 Å². The van der Waals surface area contributed by atoms with Gasteiger partial charge in [-0.25, -0.2) is 4.79 Å². The zero-order chi connectivity index (χ0) is 28.0. The van der Waals surface area contributed by atoms with Crippen LogP contribution in [0.1, 0.15) is 60.5 Å². The van der Waals surface area contributed by atoms with Crippen LogP contribution in [0.4, 0.5) is 13.2 Å². The maximum absolute atomic E-state index is 14.3. The zero-order valence-electron chi connectivity index (χ0n) is 22.6. The van der Waals surface area contributed by atoms with Crippen molar-refractivity contribution in [2.75, 3.05) is 20.3 Å². The molecule has 4 heterocycles. The minimum atomic E-state index is -4.61. The Labute approximate surface area is 230 Å². The maximum atomic E-state index is 14.3. The molecule has 1 aliphatic carbocycles. The lowest BCUT2D eigenvalue weighted by Crippen LogP contribution is -2.32. The van der Waals surface area contributed by atoms with E-state index in [1.807, 2.05) is 29.8 Å². The van der Waals surface area contributed by atoms with E-state index in [9.17, 15) is 18.0 Å². The number of nitrogens with zero attached hydrogens (tertiary/aromatic N) is 6. The third kappa shape index (κ3) is 4.85. The predicted molar refractivity (Wildman–Crippen MR) is 143 cm³/mol. The fourth-order valence-corrected chi connectivity index (χ4v) is 6.31. The molecular formula is C29H33F3N6O2. The fraction of sp³-hybridized carbons (Fsp3) is 0.483. The van der Waals surface area contributed by atoms with E-state index in [4.69, 9.17) is 4.74 Å². The highest BCUT2D eigenvalue weighted by atomic mass is 19.4. The molecule has 0 radical (unpaired) electrons. The Morgan fingerprint density at radius 3 is 2.62 bits per heavy atom. The molecule has 0 bridgehead atoms. The lowest BCUT2D eigenvalue weighted by atomic mass is 9.72. The highest BCUT2D eigenvalue weighted by Crippen LogP contribution is 2.43. The second-order valence-corrected chi connectivity index (χ2v) is 11.1. The molecular weight excluding hydrogens is 521 g/mol. The zero-order valence-corrected chi connectivity index (χ0v) is 22.6. The molecule has 2 aliphatic rings. The van der Waals surface area contributed by atoms with Gasteiger partial charge in [0.1, 0.15) is 12.2 Å². The second kappa shape index (κ2) is 10.5. The Balaban J connectivity index is 1.42. The molecule has 2 fully saturated rings. The molecule has 0 spiro atoms. The Morgan fingerprint density at radius 1 is 1.12 bits per heavy atom. The lowest BCUT2D eigenvalue weighted by molar-refractivity contribution is -0.136. The first-order valence-electron chi connectivity index (χ1n) is 13.8. The number of imidazole rings is 1. The van der Waals surface area contributed by atoms with Gasteiger partial charge in [-0.1, -0.05) is 18.6 Å². The third-order valence-electron chi connectivity index (χ3n) is 8.53. The van der Waals surface area contributed by atoms with E-state index in [2.05, 4.69) is 15.1 Å². The Morgan fingerprint density at radius 2 is 1.95 bits per heavy atom. The van der Waals surface area contributed by atoms with Gasteiger partial charge in [-0.05, 0) is 67.5 Å². The Hall–Kier alpha value is -3.44. The summed E-state index contributed by atoms with van der Waals surface area (Å²) in [5.74, 6) is 1.23. The molecule has 0 amide bonds. The summed E-state index contributed by atoms with van der Waals surface area (Å²) in [5, 5.41) is 8.42. The van der Waals surface area contributed by atoms with Gasteiger partial charge in [0.05, 0.1) is 23.4 Å². The van der Waals surface area contributed by atoms with Crippen LogP contribution < -0.4 is 5.69 Å². The van der Waals surface area contributed by atoms with E-state index in [1.165, 1.54) is 16.8 Å². The van der Waals surface area contributed by atoms with Gasteiger partial charge in [-0.2, -0.15) is 13.2 Å². The summed E-state index contributed by atoms with van der Waals surface area (Å²) in [4.78, 5) is 15.8. The topological polar surface area (TPSA) is 69.6 Å². The normalized spacial score (nSPS) is 19.4. The smallest absolute Gasteiger partial charge is 0.383 e. The van der Waals surface area contributed by atoms with Gasteiger partial charge in [0.25, 0.3) is 0 Å². The van der Waals surface area contributed by atoms with Crippen LogP contribution in [0.3, 0.4) is 0 Å². The minimum Gasteiger partial charge on any atom is -0.383 e. The van der Waals surface area contributed by atoms with Gasteiger partial charge in [0.2, 0.25) is 0 Å². The first-order chi connectivity index (χ1) is 19.2. The number of likely N-dealkylation sites (tertiary alicyclic amines) is 1. The molecule has 3 aromatic heterocycles. The number of rotatable bonds is 8. The average Bonchev–Trinajstić information content (AvgIpc) is 3.60. The first kappa shape index (κ1) is 26.8. The first-order valence-corrected chi connectivity index (χ1v) is 13.8. The van der Waals surface area contributed by atoms with Crippen LogP contribution >= 0.6 is 0 Å². The molecule has 6 rings (SSSR count). The number of benzene rings is 1. The van der Waals surface area contributed by atoms with Gasteiger partial charge >= 0.3 is 11.9 Å². The lowest BCUT2D eigenvalue weighted by Gasteiger charge is -2.33. The number of ether oxygens (including phenoxy) is 1.